The summed E-state index contributed by atoms with van der Waals surface area (Å²) in [5, 5.41) is 0. The molecule has 0 spiro atoms. The first-order valence-electron chi connectivity index (χ1n) is 16.1. The van der Waals surface area contributed by atoms with Crippen molar-refractivity contribution in [2.45, 2.75) is 34.6 Å². The van der Waals surface area contributed by atoms with Crippen LogP contribution in [0.4, 0.5) is 49.6 Å². The molecule has 0 unspecified atom stereocenters. The number of halogens is 10. The molecular formula is C38H24BF10NOS3. The summed E-state index contributed by atoms with van der Waals surface area (Å²) in [4.78, 5) is 4.61. The lowest BCUT2D eigenvalue weighted by atomic mass is 9.39. The average molecular weight is 808 g/mol. The van der Waals surface area contributed by atoms with Crippen LogP contribution in [0, 0.1) is 85.9 Å². The Hall–Kier alpha value is -4.67. The summed E-state index contributed by atoms with van der Waals surface area (Å²) >= 11 is 4.12. The maximum atomic E-state index is 16.3. The number of aryl methyl sites for hydroxylation is 4. The van der Waals surface area contributed by atoms with Crippen molar-refractivity contribution in [2.24, 2.45) is 0 Å². The number of thiophene rings is 3. The molecule has 1 aliphatic rings. The highest BCUT2D eigenvalue weighted by atomic mass is 32.1. The molecule has 6 aromatic rings. The highest BCUT2D eigenvalue weighted by molar-refractivity contribution is 7.18. The second kappa shape index (κ2) is 13.6. The largest absolute Gasteiger partial charge is 0.650 e. The monoisotopic (exact) mass is 807 g/mol. The number of allylic oxidation sites excluding steroid dienone is 1. The maximum Gasteiger partial charge on any atom is 0.525 e. The van der Waals surface area contributed by atoms with Gasteiger partial charge in [0.1, 0.15) is 29.0 Å². The minimum atomic E-state index is -4.88. The van der Waals surface area contributed by atoms with Gasteiger partial charge in [-0.2, -0.15) is 0 Å². The third-order valence-corrected chi connectivity index (χ3v) is 12.4. The van der Waals surface area contributed by atoms with Gasteiger partial charge in [0.15, 0.2) is 40.6 Å². The van der Waals surface area contributed by atoms with E-state index in [2.05, 4.69) is 0 Å². The molecule has 0 saturated heterocycles. The van der Waals surface area contributed by atoms with Crippen LogP contribution in [-0.4, -0.2) is 16.7 Å². The van der Waals surface area contributed by atoms with Crippen LogP contribution in [0.2, 0.25) is 0 Å². The molecule has 3 aromatic carbocycles. The predicted molar refractivity (Wildman–Crippen MR) is 193 cm³/mol. The maximum absolute atomic E-state index is 16.3. The molecule has 0 saturated carbocycles. The Labute approximate surface area is 313 Å². The first-order chi connectivity index (χ1) is 25.5. The minimum absolute atomic E-state index is 0.151. The van der Waals surface area contributed by atoms with Crippen molar-refractivity contribution in [1.29, 1.82) is 0 Å². The van der Waals surface area contributed by atoms with Gasteiger partial charge in [0.2, 0.25) is 0 Å². The molecule has 2 nitrogen and oxygen atoms in total. The molecule has 7 rings (SSSR count). The Morgan fingerprint density at radius 2 is 0.963 bits per heavy atom. The third-order valence-electron chi connectivity index (χ3n) is 9.28. The second-order valence-corrected chi connectivity index (χ2v) is 16.7. The van der Waals surface area contributed by atoms with Crippen LogP contribution in [0.15, 0.2) is 54.6 Å². The van der Waals surface area contributed by atoms with Gasteiger partial charge in [-0.25, -0.2) is 43.9 Å². The number of rotatable bonds is 6. The first-order valence-corrected chi connectivity index (χ1v) is 18.5. The Bertz CT molecular complexity index is 2420. The summed E-state index contributed by atoms with van der Waals surface area (Å²) in [6.07, 6.45) is 1.29. The van der Waals surface area contributed by atoms with E-state index in [1.807, 2.05) is 39.8 Å². The lowest BCUT2D eigenvalue weighted by Crippen LogP contribution is -2.73. The molecule has 3 aromatic heterocycles. The van der Waals surface area contributed by atoms with E-state index >= 15 is 35.1 Å². The summed E-state index contributed by atoms with van der Waals surface area (Å²) in [5.41, 5.74) is -2.03. The SMILES string of the molecule is CC1=[N+](c2ccccc2)[B-](c2c(F)c(F)c(F)c(F)c2F)(c2c(F)c(F)c(F)c(F)c2F)OC(c2cc(-c3cc(C)sc3C)c(-c3cc(C)sc3C)s2)=C1. The van der Waals surface area contributed by atoms with Gasteiger partial charge in [0.25, 0.3) is 0 Å². The lowest BCUT2D eigenvalue weighted by molar-refractivity contribution is -0.312. The lowest BCUT2D eigenvalue weighted by Gasteiger charge is -2.43. The molecule has 4 heterocycles. The van der Waals surface area contributed by atoms with Crippen molar-refractivity contribution < 1.29 is 53.0 Å². The Morgan fingerprint density at radius 1 is 0.519 bits per heavy atom. The predicted octanol–water partition coefficient (Wildman–Crippen LogP) is 11.3. The van der Waals surface area contributed by atoms with Crippen LogP contribution >= 0.6 is 34.0 Å². The zero-order valence-corrected chi connectivity index (χ0v) is 31.1. The quantitative estimate of drug-likeness (QED) is 0.0707. The molecule has 0 bridgehead atoms. The normalized spacial score (nSPS) is 14.2. The van der Waals surface area contributed by atoms with Crippen LogP contribution in [0.5, 0.6) is 0 Å². The van der Waals surface area contributed by atoms with E-state index in [-0.39, 0.29) is 16.3 Å². The van der Waals surface area contributed by atoms with Crippen LogP contribution in [0.25, 0.3) is 27.3 Å². The van der Waals surface area contributed by atoms with E-state index in [1.165, 1.54) is 66.0 Å². The molecule has 54 heavy (non-hydrogen) atoms. The number of hydrogen-bond donors (Lipinski definition) is 0. The fourth-order valence-corrected chi connectivity index (χ4v) is 10.2. The molecule has 16 heteroatoms. The van der Waals surface area contributed by atoms with Crippen LogP contribution < -0.4 is 10.9 Å². The number of hydrogen-bond acceptors (Lipinski definition) is 4. The van der Waals surface area contributed by atoms with Crippen LogP contribution in [0.1, 0.15) is 31.3 Å². The highest BCUT2D eigenvalue weighted by Crippen LogP contribution is 2.48. The van der Waals surface area contributed by atoms with Gasteiger partial charge in [0.05, 0.1) is 10.6 Å². The van der Waals surface area contributed by atoms with Crippen LogP contribution in [-0.2, 0) is 4.65 Å². The number of para-hydroxylation sites is 1. The summed E-state index contributed by atoms with van der Waals surface area (Å²) < 4.78 is 162. The van der Waals surface area contributed by atoms with Crippen molar-refractivity contribution >= 4 is 68.6 Å². The zero-order chi connectivity index (χ0) is 39.1. The molecule has 0 aliphatic carbocycles. The van der Waals surface area contributed by atoms with Crippen molar-refractivity contribution in [3.05, 3.63) is 137 Å². The second-order valence-electron chi connectivity index (χ2n) is 12.7. The molecule has 0 amide bonds. The molecule has 0 radical (unpaired) electrons. The van der Waals surface area contributed by atoms with E-state index in [9.17, 15) is 8.78 Å². The van der Waals surface area contributed by atoms with Gasteiger partial charge >= 0.3 is 6.48 Å². The summed E-state index contributed by atoms with van der Waals surface area (Å²) in [7, 11) is 0. The first kappa shape index (κ1) is 37.6. The Morgan fingerprint density at radius 3 is 1.41 bits per heavy atom. The van der Waals surface area contributed by atoms with Crippen LogP contribution in [0.3, 0.4) is 0 Å². The van der Waals surface area contributed by atoms with Gasteiger partial charge in [0, 0.05) is 60.6 Å². The Kier molecular flexibility index (Phi) is 9.46. The number of benzene rings is 3. The van der Waals surface area contributed by atoms with Crippen molar-refractivity contribution in [3.8, 4) is 21.6 Å². The third kappa shape index (κ3) is 5.63. The fourth-order valence-electron chi connectivity index (χ4n) is 7.07. The van der Waals surface area contributed by atoms with E-state index in [0.29, 0.717) is 14.9 Å². The number of nitrogens with zero attached hydrogens (tertiary/aromatic N) is 1. The standard InChI is InChI=1S/C38H24BF10NOS3/c1-15-11-24(25-14-23(21-12-16(2)52-18(21)4)38(54-25)22-13-17(3)53-19(22)5)51-39(50(15)20-9-7-6-8-10-20,26-28(40)32(44)36(48)33(45)29(26)41)27-30(42)34(46)37(49)35(47)31(27)43/h6-14H,1-5H3. The average Bonchev–Trinajstić information content (AvgIpc) is 3.82. The van der Waals surface area contributed by atoms with E-state index in [1.54, 1.807) is 6.07 Å². The molecule has 0 fully saturated rings. The van der Waals surface area contributed by atoms with Gasteiger partial charge in [-0.1, -0.05) is 18.2 Å². The topological polar surface area (TPSA) is 12.2 Å². The van der Waals surface area contributed by atoms with Gasteiger partial charge in [-0.05, 0) is 62.4 Å². The van der Waals surface area contributed by atoms with Crippen molar-refractivity contribution in [2.75, 3.05) is 0 Å². The molecule has 0 N–H and O–H groups in total. The zero-order valence-electron chi connectivity index (χ0n) is 28.6. The van der Waals surface area contributed by atoms with Gasteiger partial charge in [-0.15, -0.1) is 34.0 Å². The molecule has 0 atom stereocenters. The molecular weight excluding hydrogens is 783 g/mol. The smallest absolute Gasteiger partial charge is 0.525 e. The van der Waals surface area contributed by atoms with Crippen molar-refractivity contribution in [1.82, 2.24) is 0 Å². The highest BCUT2D eigenvalue weighted by Gasteiger charge is 2.59. The summed E-state index contributed by atoms with van der Waals surface area (Å²) in [6, 6.07) is 12.2. The van der Waals surface area contributed by atoms with Gasteiger partial charge < -0.3 is 9.14 Å². The van der Waals surface area contributed by atoms with E-state index in [4.69, 9.17) is 4.65 Å². The molecule has 278 valence electrons. The summed E-state index contributed by atoms with van der Waals surface area (Å²) in [6.45, 7) is 4.00. The molecule has 1 aliphatic heterocycles. The van der Waals surface area contributed by atoms with Gasteiger partial charge in [-0.3, -0.25) is 0 Å². The van der Waals surface area contributed by atoms with E-state index < -0.39 is 81.3 Å². The summed E-state index contributed by atoms with van der Waals surface area (Å²) in [5.74, 6) is -26.2. The fraction of sp³-hybridized carbons (Fsp3) is 0.132. The van der Waals surface area contributed by atoms with Crippen molar-refractivity contribution in [3.63, 3.8) is 0 Å². The van der Waals surface area contributed by atoms with E-state index in [0.717, 1.165) is 42.0 Å². The Balaban J connectivity index is 1.65. The minimum Gasteiger partial charge on any atom is -0.650 e.